The first-order valence-corrected chi connectivity index (χ1v) is 6.88. The summed E-state index contributed by atoms with van der Waals surface area (Å²) >= 11 is 3.07. The third kappa shape index (κ3) is 3.65. The van der Waals surface area contributed by atoms with Crippen LogP contribution in [0.5, 0.6) is 5.75 Å². The Hall–Kier alpha value is -1.24. The molecule has 7 heteroatoms. The van der Waals surface area contributed by atoms with Gasteiger partial charge in [-0.25, -0.2) is 0 Å². The Labute approximate surface area is 122 Å². The van der Waals surface area contributed by atoms with Crippen LogP contribution in [-0.4, -0.2) is 25.2 Å². The number of anilines is 1. The Morgan fingerprint density at radius 3 is 2.65 bits per heavy atom. The number of carbonyl (C=O) groups is 1. The summed E-state index contributed by atoms with van der Waals surface area (Å²) in [6.45, 7) is 3.00. The maximum atomic E-state index is 12.2. The van der Waals surface area contributed by atoms with Crippen molar-refractivity contribution in [1.82, 2.24) is 0 Å². The van der Waals surface area contributed by atoms with Crippen LogP contribution in [0.4, 0.5) is 18.9 Å². The van der Waals surface area contributed by atoms with Crippen molar-refractivity contribution in [3.05, 3.63) is 22.7 Å². The van der Waals surface area contributed by atoms with Crippen molar-refractivity contribution in [3.8, 4) is 5.75 Å². The second kappa shape index (κ2) is 5.63. The molecule has 1 aromatic carbocycles. The molecular weight excluding hydrogens is 339 g/mol. The first kappa shape index (κ1) is 15.2. The molecule has 0 amide bonds. The highest BCUT2D eigenvalue weighted by Crippen LogP contribution is 2.34. The number of ether oxygens (including phenoxy) is 1. The first-order chi connectivity index (χ1) is 9.26. The van der Waals surface area contributed by atoms with Gasteiger partial charge in [-0.3, -0.25) is 4.79 Å². The number of ketones is 1. The second-order valence-corrected chi connectivity index (χ2v) is 5.58. The predicted octanol–water partition coefficient (Wildman–Crippen LogP) is 3.76. The number of halogens is 4. The van der Waals surface area contributed by atoms with Crippen molar-refractivity contribution in [2.75, 3.05) is 18.0 Å². The maximum absolute atomic E-state index is 12.2. The van der Waals surface area contributed by atoms with Crippen molar-refractivity contribution in [2.45, 2.75) is 19.7 Å². The van der Waals surface area contributed by atoms with E-state index in [1.165, 1.54) is 6.07 Å². The average Bonchev–Trinajstić information content (AvgIpc) is 2.34. The molecule has 0 aromatic heterocycles. The fourth-order valence-corrected chi connectivity index (χ4v) is 2.59. The van der Waals surface area contributed by atoms with E-state index in [1.54, 1.807) is 12.1 Å². The number of benzene rings is 1. The molecule has 2 rings (SSSR count). The molecule has 3 nitrogen and oxygen atoms in total. The van der Waals surface area contributed by atoms with Gasteiger partial charge in [0.25, 0.3) is 0 Å². The first-order valence-electron chi connectivity index (χ1n) is 6.09. The summed E-state index contributed by atoms with van der Waals surface area (Å²) in [5, 5.41) is 0. The molecule has 0 N–H and O–H groups in total. The largest absolute Gasteiger partial charge is 0.573 e. The molecular formula is C13H13BrF3NO2. The van der Waals surface area contributed by atoms with Gasteiger partial charge in [-0.05, 0) is 34.1 Å². The van der Waals surface area contributed by atoms with Gasteiger partial charge in [0.05, 0.1) is 4.47 Å². The maximum Gasteiger partial charge on any atom is 0.573 e. The molecule has 0 spiro atoms. The molecule has 1 fully saturated rings. The number of nitrogens with zero attached hydrogens (tertiary/aromatic N) is 1. The van der Waals surface area contributed by atoms with Crippen LogP contribution < -0.4 is 9.64 Å². The van der Waals surface area contributed by atoms with Crippen molar-refractivity contribution in [1.29, 1.82) is 0 Å². The highest BCUT2D eigenvalue weighted by molar-refractivity contribution is 9.10. The number of alkyl halides is 3. The predicted molar refractivity (Wildman–Crippen MR) is 71.8 cm³/mol. The Bertz CT molecular complexity index is 519. The zero-order valence-electron chi connectivity index (χ0n) is 10.7. The highest BCUT2D eigenvalue weighted by atomic mass is 79.9. The summed E-state index contributed by atoms with van der Waals surface area (Å²) in [7, 11) is 0. The lowest BCUT2D eigenvalue weighted by Crippen LogP contribution is -2.39. The molecule has 1 aliphatic rings. The van der Waals surface area contributed by atoms with Crippen molar-refractivity contribution < 1.29 is 22.7 Å². The molecule has 0 bridgehead atoms. The van der Waals surface area contributed by atoms with E-state index in [2.05, 4.69) is 20.7 Å². The molecule has 1 heterocycles. The summed E-state index contributed by atoms with van der Waals surface area (Å²) in [6, 6.07) is 4.41. The SMILES string of the molecule is CC1CN(c2ccc(OC(F)(F)F)c(Br)c2)CCC1=O. The van der Waals surface area contributed by atoms with Gasteiger partial charge >= 0.3 is 6.36 Å². The Kier molecular flexibility index (Phi) is 4.27. The molecule has 0 radical (unpaired) electrons. The Morgan fingerprint density at radius 1 is 1.40 bits per heavy atom. The second-order valence-electron chi connectivity index (χ2n) is 4.73. The molecule has 1 aliphatic heterocycles. The third-order valence-electron chi connectivity index (χ3n) is 3.18. The molecule has 110 valence electrons. The van der Waals surface area contributed by atoms with Gasteiger partial charge in [0, 0.05) is 31.1 Å². The molecule has 0 aliphatic carbocycles. The van der Waals surface area contributed by atoms with Crippen LogP contribution in [-0.2, 0) is 4.79 Å². The smallest absolute Gasteiger partial charge is 0.405 e. The van der Waals surface area contributed by atoms with Gasteiger partial charge in [-0.2, -0.15) is 0 Å². The normalized spacial score (nSPS) is 20.1. The van der Waals surface area contributed by atoms with Gasteiger partial charge in [0.15, 0.2) is 0 Å². The molecule has 1 unspecified atom stereocenters. The van der Waals surface area contributed by atoms with Crippen molar-refractivity contribution >= 4 is 27.4 Å². The number of rotatable bonds is 2. The molecule has 1 atom stereocenters. The van der Waals surface area contributed by atoms with Crippen LogP contribution in [0.3, 0.4) is 0 Å². The summed E-state index contributed by atoms with van der Waals surface area (Å²) in [5.74, 6) is -0.117. The number of piperidine rings is 1. The van der Waals surface area contributed by atoms with Crippen LogP contribution >= 0.6 is 15.9 Å². The topological polar surface area (TPSA) is 29.5 Å². The van der Waals surface area contributed by atoms with E-state index >= 15 is 0 Å². The third-order valence-corrected chi connectivity index (χ3v) is 3.80. The van der Waals surface area contributed by atoms with E-state index in [-0.39, 0.29) is 21.9 Å². The Morgan fingerprint density at radius 2 is 2.10 bits per heavy atom. The van der Waals surface area contributed by atoms with Gasteiger partial charge in [0.1, 0.15) is 11.5 Å². The van der Waals surface area contributed by atoms with Gasteiger partial charge < -0.3 is 9.64 Å². The summed E-state index contributed by atoms with van der Waals surface area (Å²) < 4.78 is 40.7. The van der Waals surface area contributed by atoms with Gasteiger partial charge in [-0.15, -0.1) is 13.2 Å². The van der Waals surface area contributed by atoms with Gasteiger partial charge in [-0.1, -0.05) is 6.92 Å². The van der Waals surface area contributed by atoms with E-state index in [9.17, 15) is 18.0 Å². The van der Waals surface area contributed by atoms with E-state index in [0.717, 1.165) is 5.69 Å². The molecule has 20 heavy (non-hydrogen) atoms. The fourth-order valence-electron chi connectivity index (χ4n) is 2.14. The van der Waals surface area contributed by atoms with Crippen molar-refractivity contribution in [3.63, 3.8) is 0 Å². The van der Waals surface area contributed by atoms with Crippen LogP contribution in [0.25, 0.3) is 0 Å². The average molecular weight is 352 g/mol. The lowest BCUT2D eigenvalue weighted by molar-refractivity contribution is -0.274. The number of hydrogen-bond donors (Lipinski definition) is 0. The van der Waals surface area contributed by atoms with E-state index < -0.39 is 6.36 Å². The lowest BCUT2D eigenvalue weighted by Gasteiger charge is -2.32. The molecule has 0 saturated carbocycles. The number of hydrogen-bond acceptors (Lipinski definition) is 3. The van der Waals surface area contributed by atoms with Crippen molar-refractivity contribution in [2.24, 2.45) is 5.92 Å². The summed E-state index contributed by atoms with van der Waals surface area (Å²) in [5.41, 5.74) is 0.769. The number of Topliss-reactive ketones (excluding diaryl/α,β-unsaturated/α-hetero) is 1. The monoisotopic (exact) mass is 351 g/mol. The zero-order valence-corrected chi connectivity index (χ0v) is 12.3. The van der Waals surface area contributed by atoms with Crippen LogP contribution in [0.15, 0.2) is 22.7 Å². The zero-order chi connectivity index (χ0) is 14.9. The fraction of sp³-hybridized carbons (Fsp3) is 0.462. The van der Waals surface area contributed by atoms with E-state index in [4.69, 9.17) is 0 Å². The summed E-state index contributed by atoms with van der Waals surface area (Å²) in [6.07, 6.45) is -4.25. The van der Waals surface area contributed by atoms with E-state index in [0.29, 0.717) is 19.5 Å². The summed E-state index contributed by atoms with van der Waals surface area (Å²) in [4.78, 5) is 13.4. The molecule has 1 saturated heterocycles. The highest BCUT2D eigenvalue weighted by Gasteiger charge is 2.32. The Balaban J connectivity index is 2.15. The van der Waals surface area contributed by atoms with Gasteiger partial charge in [0.2, 0.25) is 0 Å². The van der Waals surface area contributed by atoms with Crippen LogP contribution in [0.2, 0.25) is 0 Å². The quantitative estimate of drug-likeness (QED) is 0.812. The lowest BCUT2D eigenvalue weighted by atomic mass is 9.98. The minimum atomic E-state index is -4.71. The van der Waals surface area contributed by atoms with E-state index in [1.807, 2.05) is 11.8 Å². The number of carbonyl (C=O) groups excluding carboxylic acids is 1. The van der Waals surface area contributed by atoms with Crippen LogP contribution in [0, 0.1) is 5.92 Å². The minimum Gasteiger partial charge on any atom is -0.405 e. The van der Waals surface area contributed by atoms with Crippen LogP contribution in [0.1, 0.15) is 13.3 Å². The molecule has 1 aromatic rings. The minimum absolute atomic E-state index is 0.0615. The standard InChI is InChI=1S/C13H13BrF3NO2/c1-8-7-18(5-4-11(8)19)9-2-3-12(10(14)6-9)20-13(15,16)17/h2-3,6,8H,4-5,7H2,1H3.